The number of halogens is 1. The van der Waals surface area contributed by atoms with Crippen LogP contribution in [-0.4, -0.2) is 20.3 Å². The number of benzene rings is 1. The molecular formula is C16H24FNO2. The highest BCUT2D eigenvalue weighted by Crippen LogP contribution is 2.24. The largest absolute Gasteiger partial charge is 0.494 e. The fourth-order valence-corrected chi connectivity index (χ4v) is 2.72. The lowest BCUT2D eigenvalue weighted by atomic mass is 9.90. The van der Waals surface area contributed by atoms with Gasteiger partial charge in [-0.1, -0.05) is 25.3 Å². The minimum absolute atomic E-state index is 0.240. The van der Waals surface area contributed by atoms with Gasteiger partial charge in [-0.25, -0.2) is 4.39 Å². The zero-order valence-electron chi connectivity index (χ0n) is 12.1. The Morgan fingerprint density at radius 3 is 2.70 bits per heavy atom. The van der Waals surface area contributed by atoms with E-state index >= 15 is 0 Å². The number of nitrogens with two attached hydrogens (primary N) is 1. The van der Waals surface area contributed by atoms with E-state index in [4.69, 9.17) is 15.2 Å². The van der Waals surface area contributed by atoms with Crippen molar-refractivity contribution < 1.29 is 13.9 Å². The Bertz CT molecular complexity index is 419. The summed E-state index contributed by atoms with van der Waals surface area (Å²) in [5.74, 6) is 0.528. The zero-order chi connectivity index (χ0) is 14.4. The Morgan fingerprint density at radius 2 is 2.05 bits per heavy atom. The van der Waals surface area contributed by atoms with Crippen molar-refractivity contribution in [3.8, 4) is 5.75 Å². The summed E-state index contributed by atoms with van der Waals surface area (Å²) >= 11 is 0. The van der Waals surface area contributed by atoms with E-state index in [1.807, 2.05) is 0 Å². The lowest BCUT2D eigenvalue weighted by molar-refractivity contribution is 0.0758. The second-order valence-electron chi connectivity index (χ2n) is 5.54. The maximum atomic E-state index is 13.6. The Hall–Kier alpha value is -1.13. The van der Waals surface area contributed by atoms with E-state index in [1.54, 1.807) is 12.1 Å². The van der Waals surface area contributed by atoms with Gasteiger partial charge in [0.15, 0.2) is 11.6 Å². The lowest BCUT2D eigenvalue weighted by Crippen LogP contribution is -2.21. The number of ether oxygens (including phenoxy) is 2. The van der Waals surface area contributed by atoms with Crippen molar-refractivity contribution in [2.45, 2.75) is 38.1 Å². The van der Waals surface area contributed by atoms with Crippen LogP contribution in [0.3, 0.4) is 0 Å². The summed E-state index contributed by atoms with van der Waals surface area (Å²) in [6.45, 7) is 1.20. The summed E-state index contributed by atoms with van der Waals surface area (Å²) < 4.78 is 24.2. The summed E-state index contributed by atoms with van der Waals surface area (Å²) in [7, 11) is 1.45. The SMILES string of the molecule is COc1ccc(C(N)COCC2CCCCC2)cc1F. The second-order valence-corrected chi connectivity index (χ2v) is 5.54. The van der Waals surface area contributed by atoms with E-state index in [-0.39, 0.29) is 17.6 Å². The standard InChI is InChI=1S/C16H24FNO2/c1-19-16-8-7-13(9-14(16)17)15(18)11-20-10-12-5-3-2-4-6-12/h7-9,12,15H,2-6,10-11,18H2,1H3. The number of hydrogen-bond acceptors (Lipinski definition) is 3. The highest BCUT2D eigenvalue weighted by molar-refractivity contribution is 5.30. The Kier molecular flexibility index (Phi) is 5.80. The van der Waals surface area contributed by atoms with E-state index in [0.29, 0.717) is 12.5 Å². The maximum Gasteiger partial charge on any atom is 0.165 e. The third kappa shape index (κ3) is 4.18. The van der Waals surface area contributed by atoms with E-state index < -0.39 is 0 Å². The van der Waals surface area contributed by atoms with Gasteiger partial charge >= 0.3 is 0 Å². The Labute approximate surface area is 120 Å². The van der Waals surface area contributed by atoms with Gasteiger partial charge in [-0.15, -0.1) is 0 Å². The smallest absolute Gasteiger partial charge is 0.165 e. The third-order valence-corrected chi connectivity index (χ3v) is 3.98. The average molecular weight is 281 g/mol. The van der Waals surface area contributed by atoms with Crippen LogP contribution in [0.4, 0.5) is 4.39 Å². The molecule has 0 saturated heterocycles. The first kappa shape index (κ1) is 15.3. The van der Waals surface area contributed by atoms with Crippen LogP contribution >= 0.6 is 0 Å². The van der Waals surface area contributed by atoms with E-state index in [1.165, 1.54) is 45.3 Å². The molecule has 2 N–H and O–H groups in total. The lowest BCUT2D eigenvalue weighted by Gasteiger charge is -2.22. The fraction of sp³-hybridized carbons (Fsp3) is 0.625. The van der Waals surface area contributed by atoms with Gasteiger partial charge in [0.2, 0.25) is 0 Å². The van der Waals surface area contributed by atoms with Crippen molar-refractivity contribution in [2.24, 2.45) is 11.7 Å². The molecule has 20 heavy (non-hydrogen) atoms. The molecular weight excluding hydrogens is 257 g/mol. The molecule has 0 amide bonds. The Balaban J connectivity index is 1.79. The summed E-state index contributed by atoms with van der Waals surface area (Å²) in [4.78, 5) is 0. The molecule has 1 aromatic rings. The van der Waals surface area contributed by atoms with Crippen LogP contribution in [0, 0.1) is 11.7 Å². The highest BCUT2D eigenvalue weighted by Gasteiger charge is 2.15. The minimum Gasteiger partial charge on any atom is -0.494 e. The van der Waals surface area contributed by atoms with Crippen LogP contribution in [0.25, 0.3) is 0 Å². The van der Waals surface area contributed by atoms with Gasteiger partial charge in [0.25, 0.3) is 0 Å². The van der Waals surface area contributed by atoms with Crippen molar-refractivity contribution in [1.29, 1.82) is 0 Å². The molecule has 2 rings (SSSR count). The molecule has 1 aliphatic carbocycles. The molecule has 4 heteroatoms. The first-order valence-electron chi connectivity index (χ1n) is 7.37. The normalized spacial score (nSPS) is 17.9. The number of rotatable bonds is 6. The minimum atomic E-state index is -0.382. The van der Waals surface area contributed by atoms with Crippen molar-refractivity contribution in [1.82, 2.24) is 0 Å². The molecule has 1 saturated carbocycles. The zero-order valence-corrected chi connectivity index (χ0v) is 12.1. The number of methoxy groups -OCH3 is 1. The van der Waals surface area contributed by atoms with Gasteiger partial charge in [-0.05, 0) is 36.5 Å². The summed E-state index contributed by atoms with van der Waals surface area (Å²) in [5, 5.41) is 0. The van der Waals surface area contributed by atoms with Crippen LogP contribution in [-0.2, 0) is 4.74 Å². The molecule has 0 aliphatic heterocycles. The van der Waals surface area contributed by atoms with Gasteiger partial charge < -0.3 is 15.2 Å². The van der Waals surface area contributed by atoms with Crippen LogP contribution in [0.5, 0.6) is 5.75 Å². The molecule has 3 nitrogen and oxygen atoms in total. The van der Waals surface area contributed by atoms with Gasteiger partial charge in [-0.2, -0.15) is 0 Å². The number of hydrogen-bond donors (Lipinski definition) is 1. The first-order valence-corrected chi connectivity index (χ1v) is 7.37. The monoisotopic (exact) mass is 281 g/mol. The summed E-state index contributed by atoms with van der Waals surface area (Å²) in [6.07, 6.45) is 6.48. The van der Waals surface area contributed by atoms with Gasteiger partial charge in [-0.3, -0.25) is 0 Å². The molecule has 1 unspecified atom stereocenters. The molecule has 0 radical (unpaired) electrons. The summed E-state index contributed by atoms with van der Waals surface area (Å²) in [6, 6.07) is 4.52. The first-order chi connectivity index (χ1) is 9.70. The molecule has 0 spiro atoms. The van der Waals surface area contributed by atoms with Crippen LogP contribution in [0.15, 0.2) is 18.2 Å². The molecule has 1 aromatic carbocycles. The molecule has 112 valence electrons. The predicted octanol–water partition coefficient (Wildman–Crippen LogP) is 3.43. The van der Waals surface area contributed by atoms with E-state index in [2.05, 4.69) is 0 Å². The molecule has 0 aromatic heterocycles. The fourth-order valence-electron chi connectivity index (χ4n) is 2.72. The summed E-state index contributed by atoms with van der Waals surface area (Å²) in [5.41, 5.74) is 6.78. The molecule has 0 bridgehead atoms. The average Bonchev–Trinajstić information content (AvgIpc) is 2.48. The Morgan fingerprint density at radius 1 is 1.30 bits per heavy atom. The van der Waals surface area contributed by atoms with Gasteiger partial charge in [0, 0.05) is 6.61 Å². The van der Waals surface area contributed by atoms with Gasteiger partial charge in [0.1, 0.15) is 0 Å². The van der Waals surface area contributed by atoms with E-state index in [9.17, 15) is 4.39 Å². The van der Waals surface area contributed by atoms with Crippen molar-refractivity contribution in [3.63, 3.8) is 0 Å². The highest BCUT2D eigenvalue weighted by atomic mass is 19.1. The van der Waals surface area contributed by atoms with Gasteiger partial charge in [0.05, 0.1) is 19.8 Å². The van der Waals surface area contributed by atoms with E-state index in [0.717, 1.165) is 12.2 Å². The van der Waals surface area contributed by atoms with Crippen molar-refractivity contribution in [2.75, 3.05) is 20.3 Å². The second kappa shape index (κ2) is 7.60. The van der Waals surface area contributed by atoms with Crippen LogP contribution in [0.1, 0.15) is 43.7 Å². The van der Waals surface area contributed by atoms with Crippen molar-refractivity contribution in [3.05, 3.63) is 29.6 Å². The third-order valence-electron chi connectivity index (χ3n) is 3.98. The van der Waals surface area contributed by atoms with Crippen LogP contribution in [0.2, 0.25) is 0 Å². The molecule has 1 aliphatic rings. The molecule has 0 heterocycles. The van der Waals surface area contributed by atoms with Crippen molar-refractivity contribution >= 4 is 0 Å². The van der Waals surface area contributed by atoms with Crippen LogP contribution < -0.4 is 10.5 Å². The maximum absolute atomic E-state index is 13.6. The molecule has 1 fully saturated rings. The molecule has 1 atom stereocenters. The topological polar surface area (TPSA) is 44.5 Å². The predicted molar refractivity (Wildman–Crippen MR) is 77.3 cm³/mol. The quantitative estimate of drug-likeness (QED) is 0.868.